The maximum Gasteiger partial charge on any atom is 0.416 e. The van der Waals surface area contributed by atoms with Crippen molar-refractivity contribution in [3.8, 4) is 28.0 Å². The van der Waals surface area contributed by atoms with E-state index in [9.17, 15) is 23.5 Å². The van der Waals surface area contributed by atoms with Gasteiger partial charge in [0.15, 0.2) is 5.84 Å². The van der Waals surface area contributed by atoms with E-state index in [0.717, 1.165) is 17.7 Å². The lowest BCUT2D eigenvalue weighted by Gasteiger charge is -2.20. The molecule has 0 aliphatic carbocycles. The van der Waals surface area contributed by atoms with E-state index < -0.39 is 11.7 Å². The minimum atomic E-state index is -4.64. The van der Waals surface area contributed by atoms with E-state index in [1.807, 2.05) is 13.0 Å². The zero-order valence-corrected chi connectivity index (χ0v) is 15.9. The van der Waals surface area contributed by atoms with Gasteiger partial charge < -0.3 is 5.11 Å². The summed E-state index contributed by atoms with van der Waals surface area (Å²) in [7, 11) is 0. The van der Waals surface area contributed by atoms with Crippen molar-refractivity contribution in [2.24, 2.45) is 4.51 Å². The van der Waals surface area contributed by atoms with Gasteiger partial charge in [-0.2, -0.15) is 17.7 Å². The minimum Gasteiger partial charge on any atom is -0.508 e. The molecule has 0 fully saturated rings. The molecule has 150 valence electrons. The van der Waals surface area contributed by atoms with Crippen LogP contribution in [0.2, 0.25) is 0 Å². The summed E-state index contributed by atoms with van der Waals surface area (Å²) in [6.45, 7) is 1.86. The third-order valence-electron chi connectivity index (χ3n) is 4.40. The van der Waals surface area contributed by atoms with Gasteiger partial charge in [0.25, 0.3) is 0 Å². The summed E-state index contributed by atoms with van der Waals surface area (Å²) in [4.78, 5) is 0. The van der Waals surface area contributed by atoms with Gasteiger partial charge in [-0.25, -0.2) is 0 Å². The van der Waals surface area contributed by atoms with Crippen molar-refractivity contribution in [1.82, 2.24) is 5.48 Å². The first-order valence-electron chi connectivity index (χ1n) is 8.45. The third-order valence-corrected chi connectivity index (χ3v) is 4.57. The highest BCUT2D eigenvalue weighted by Crippen LogP contribution is 2.41. The SMILES string of the molecule is Cc1cccc(-c2c(C(=NCl)NO)cc(C(F)(F)F)cc2-c2ccc(O)cc2)c1. The van der Waals surface area contributed by atoms with E-state index in [1.54, 1.807) is 23.7 Å². The van der Waals surface area contributed by atoms with Crippen molar-refractivity contribution in [2.75, 3.05) is 0 Å². The number of rotatable bonds is 3. The van der Waals surface area contributed by atoms with Crippen LogP contribution >= 0.6 is 11.8 Å². The Bertz CT molecular complexity index is 1060. The Hall–Kier alpha value is -3.03. The van der Waals surface area contributed by atoms with Gasteiger partial charge in [-0.1, -0.05) is 42.0 Å². The number of phenols is 1. The monoisotopic (exact) mass is 420 g/mol. The van der Waals surface area contributed by atoms with Crippen LogP contribution in [-0.4, -0.2) is 16.1 Å². The number of hydrogen-bond acceptors (Lipinski definition) is 3. The van der Waals surface area contributed by atoms with E-state index in [4.69, 9.17) is 11.8 Å². The molecule has 29 heavy (non-hydrogen) atoms. The summed E-state index contributed by atoms with van der Waals surface area (Å²) in [5.74, 6) is -0.340. The second-order valence-electron chi connectivity index (χ2n) is 6.41. The number of phenolic OH excluding ortho intramolecular Hbond substituents is 1. The van der Waals surface area contributed by atoms with Crippen molar-refractivity contribution in [3.63, 3.8) is 0 Å². The molecule has 3 aromatic carbocycles. The Kier molecular flexibility index (Phi) is 5.81. The van der Waals surface area contributed by atoms with Gasteiger partial charge in [-0.05, 0) is 47.9 Å². The van der Waals surface area contributed by atoms with Crippen molar-refractivity contribution in [2.45, 2.75) is 13.1 Å². The largest absolute Gasteiger partial charge is 0.508 e. The molecule has 0 radical (unpaired) electrons. The fraction of sp³-hybridized carbons (Fsp3) is 0.0952. The first kappa shape index (κ1) is 20.7. The van der Waals surface area contributed by atoms with Crippen LogP contribution in [-0.2, 0) is 6.18 Å². The normalized spacial score (nSPS) is 12.1. The number of amidine groups is 1. The highest BCUT2D eigenvalue weighted by Gasteiger charge is 2.33. The molecule has 3 rings (SSSR count). The van der Waals surface area contributed by atoms with Crippen LogP contribution in [0.1, 0.15) is 16.7 Å². The summed E-state index contributed by atoms with van der Waals surface area (Å²) in [5, 5.41) is 19.0. The number of aromatic hydroxyl groups is 1. The molecule has 3 aromatic rings. The molecule has 0 amide bonds. The number of halogens is 4. The van der Waals surface area contributed by atoms with Gasteiger partial charge >= 0.3 is 6.18 Å². The van der Waals surface area contributed by atoms with Crippen molar-refractivity contribution < 1.29 is 23.5 Å². The summed E-state index contributed by atoms with van der Waals surface area (Å²) >= 11 is 5.53. The van der Waals surface area contributed by atoms with Gasteiger partial charge in [-0.15, -0.1) is 0 Å². The molecule has 0 heterocycles. The summed E-state index contributed by atoms with van der Waals surface area (Å²) in [6.07, 6.45) is -4.64. The summed E-state index contributed by atoms with van der Waals surface area (Å²) in [5.41, 5.74) is 3.41. The van der Waals surface area contributed by atoms with Crippen LogP contribution in [0.15, 0.2) is 65.2 Å². The molecule has 4 nitrogen and oxygen atoms in total. The van der Waals surface area contributed by atoms with E-state index >= 15 is 0 Å². The molecular weight excluding hydrogens is 405 g/mol. The molecule has 0 aliphatic heterocycles. The third kappa shape index (κ3) is 4.36. The van der Waals surface area contributed by atoms with Crippen molar-refractivity contribution >= 4 is 17.6 Å². The van der Waals surface area contributed by atoms with Crippen LogP contribution < -0.4 is 5.48 Å². The van der Waals surface area contributed by atoms with Crippen LogP contribution in [0.4, 0.5) is 13.2 Å². The highest BCUT2D eigenvalue weighted by molar-refractivity contribution is 6.23. The van der Waals surface area contributed by atoms with Gasteiger partial charge in [-0.3, -0.25) is 10.7 Å². The molecule has 0 spiro atoms. The number of nitrogens with zero attached hydrogens (tertiary/aromatic N) is 1. The standard InChI is InChI=1S/C21H16ClF3N2O2/c1-12-3-2-4-14(9-12)19-17(13-5-7-16(28)8-6-13)10-15(21(23,24)25)11-18(19)20(26-22)27-29/h2-11,28-29H,1H3,(H,26,27). The summed E-state index contributed by atoms with van der Waals surface area (Å²) in [6, 6.07) is 14.9. The van der Waals surface area contributed by atoms with E-state index in [-0.39, 0.29) is 22.7 Å². The molecule has 0 atom stereocenters. The molecule has 0 saturated carbocycles. The number of nitrogens with one attached hydrogen (secondary N) is 1. The first-order valence-corrected chi connectivity index (χ1v) is 8.79. The van der Waals surface area contributed by atoms with Gasteiger partial charge in [0.2, 0.25) is 0 Å². The predicted molar refractivity (Wildman–Crippen MR) is 106 cm³/mol. The average molecular weight is 421 g/mol. The van der Waals surface area contributed by atoms with Gasteiger partial charge in [0, 0.05) is 22.9 Å². The average Bonchev–Trinajstić information content (AvgIpc) is 2.68. The molecule has 0 unspecified atom stereocenters. The first-order chi connectivity index (χ1) is 13.7. The van der Waals surface area contributed by atoms with Gasteiger partial charge in [0.1, 0.15) is 5.75 Å². The van der Waals surface area contributed by atoms with E-state index in [2.05, 4.69) is 4.51 Å². The topological polar surface area (TPSA) is 64.9 Å². The fourth-order valence-electron chi connectivity index (χ4n) is 3.10. The van der Waals surface area contributed by atoms with Crippen LogP contribution in [0.3, 0.4) is 0 Å². The minimum absolute atomic E-state index is 0.0157. The fourth-order valence-corrected chi connectivity index (χ4v) is 3.23. The highest BCUT2D eigenvalue weighted by atomic mass is 35.5. The number of hydrogen-bond donors (Lipinski definition) is 3. The molecule has 0 bridgehead atoms. The zero-order valence-electron chi connectivity index (χ0n) is 15.1. The van der Waals surface area contributed by atoms with Crippen molar-refractivity contribution in [1.29, 1.82) is 0 Å². The molecule has 0 saturated heterocycles. The summed E-state index contributed by atoms with van der Waals surface area (Å²) < 4.78 is 44.2. The van der Waals surface area contributed by atoms with Crippen LogP contribution in [0.25, 0.3) is 22.3 Å². The number of alkyl halides is 3. The smallest absolute Gasteiger partial charge is 0.416 e. The Morgan fingerprint density at radius 3 is 2.24 bits per heavy atom. The lowest BCUT2D eigenvalue weighted by Crippen LogP contribution is -2.22. The van der Waals surface area contributed by atoms with Crippen LogP contribution in [0, 0.1) is 6.92 Å². The Balaban J connectivity index is 2.45. The molecule has 0 aliphatic rings. The quantitative estimate of drug-likeness (QED) is 0.279. The Morgan fingerprint density at radius 1 is 1.00 bits per heavy atom. The Labute approximate surface area is 170 Å². The predicted octanol–water partition coefficient (Wildman–Crippen LogP) is 5.93. The van der Waals surface area contributed by atoms with E-state index in [0.29, 0.717) is 16.7 Å². The second-order valence-corrected chi connectivity index (χ2v) is 6.57. The molecular formula is C21H16ClF3N2O2. The molecule has 3 N–H and O–H groups in total. The number of hydroxylamine groups is 1. The molecule has 0 aromatic heterocycles. The van der Waals surface area contributed by atoms with E-state index in [1.165, 1.54) is 24.3 Å². The maximum absolute atomic E-state index is 13.6. The lowest BCUT2D eigenvalue weighted by atomic mass is 9.87. The van der Waals surface area contributed by atoms with Gasteiger partial charge in [0.05, 0.1) is 5.56 Å². The maximum atomic E-state index is 13.6. The second kappa shape index (κ2) is 8.14. The van der Waals surface area contributed by atoms with Crippen LogP contribution in [0.5, 0.6) is 5.75 Å². The number of aryl methyl sites for hydroxylation is 1. The Morgan fingerprint density at radius 2 is 1.69 bits per heavy atom. The lowest BCUT2D eigenvalue weighted by molar-refractivity contribution is -0.137. The number of benzene rings is 3. The van der Waals surface area contributed by atoms with Crippen molar-refractivity contribution in [3.05, 3.63) is 77.4 Å². The molecule has 8 heteroatoms. The zero-order chi connectivity index (χ0) is 21.2.